The van der Waals surface area contributed by atoms with Crippen molar-refractivity contribution in [3.05, 3.63) is 11.6 Å². The Morgan fingerprint density at radius 1 is 0.709 bits per heavy atom. The van der Waals surface area contributed by atoms with Gasteiger partial charge in [-0.05, 0) is 105 Å². The monoisotopic (exact) mass is 786 g/mol. The molecule has 16 nitrogen and oxygen atoms in total. The van der Waals surface area contributed by atoms with Gasteiger partial charge >= 0.3 is 0 Å². The van der Waals surface area contributed by atoms with Crippen LogP contribution >= 0.6 is 0 Å². The summed E-state index contributed by atoms with van der Waals surface area (Å²) in [6.45, 7) is 6.44. The van der Waals surface area contributed by atoms with Crippen LogP contribution in [0.3, 0.4) is 0 Å². The van der Waals surface area contributed by atoms with E-state index in [0.29, 0.717) is 36.5 Å². The highest BCUT2D eigenvalue weighted by Crippen LogP contribution is 2.66. The first-order valence-corrected chi connectivity index (χ1v) is 20.2. The molecule has 0 bridgehead atoms. The minimum absolute atomic E-state index is 0.0604. The Balaban J connectivity index is 1.09. The molecule has 0 radical (unpaired) electrons. The van der Waals surface area contributed by atoms with Crippen LogP contribution in [0, 0.1) is 34.5 Å². The van der Waals surface area contributed by atoms with Gasteiger partial charge in [0.05, 0.1) is 25.4 Å². The quantitative estimate of drug-likeness (QED) is 0.127. The molecule has 0 spiro atoms. The van der Waals surface area contributed by atoms with Crippen LogP contribution in [0.15, 0.2) is 11.6 Å². The van der Waals surface area contributed by atoms with Crippen molar-refractivity contribution in [2.75, 3.05) is 13.2 Å². The summed E-state index contributed by atoms with van der Waals surface area (Å²) in [5.41, 5.74) is 0.986. The number of carbonyl (C=O) groups excluding carboxylic acids is 1. The van der Waals surface area contributed by atoms with Gasteiger partial charge in [-0.1, -0.05) is 19.9 Å². The van der Waals surface area contributed by atoms with Gasteiger partial charge < -0.3 is 74.4 Å². The number of ether oxygens (including phenoxy) is 6. The fourth-order valence-electron chi connectivity index (χ4n) is 11.7. The molecular weight excluding hydrogens is 724 g/mol. The smallest absolute Gasteiger partial charge is 0.187 e. The van der Waals surface area contributed by atoms with E-state index in [1.54, 1.807) is 6.92 Å². The third kappa shape index (κ3) is 7.28. The minimum Gasteiger partial charge on any atom is -0.394 e. The molecular formula is C39H62O16. The third-order valence-electron chi connectivity index (χ3n) is 14.9. The zero-order valence-electron chi connectivity index (χ0n) is 32.1. The molecule has 0 aromatic rings. The second-order valence-electron chi connectivity index (χ2n) is 17.9. The molecule has 22 atom stereocenters. The van der Waals surface area contributed by atoms with Gasteiger partial charge in [-0.3, -0.25) is 4.79 Å². The summed E-state index contributed by atoms with van der Waals surface area (Å²) in [6, 6.07) is 0. The van der Waals surface area contributed by atoms with E-state index in [2.05, 4.69) is 19.9 Å². The van der Waals surface area contributed by atoms with Gasteiger partial charge in [-0.2, -0.15) is 0 Å². The van der Waals surface area contributed by atoms with Gasteiger partial charge in [0.25, 0.3) is 0 Å². The zero-order valence-corrected chi connectivity index (χ0v) is 32.1. The summed E-state index contributed by atoms with van der Waals surface area (Å²) in [7, 11) is 0. The maximum atomic E-state index is 12.6. The highest BCUT2D eigenvalue weighted by molar-refractivity contribution is 5.95. The number of hydrogen-bond acceptors (Lipinski definition) is 16. The fraction of sp³-hybridized carbons (Fsp3) is 0.923. The van der Waals surface area contributed by atoms with Crippen LogP contribution in [0.1, 0.15) is 79.1 Å². The highest BCUT2D eigenvalue weighted by atomic mass is 16.8. The second-order valence-corrected chi connectivity index (χ2v) is 17.9. The van der Waals surface area contributed by atoms with E-state index in [9.17, 15) is 50.8 Å². The van der Waals surface area contributed by atoms with Crippen LogP contribution < -0.4 is 0 Å². The van der Waals surface area contributed by atoms with Crippen LogP contribution in [0.25, 0.3) is 0 Å². The lowest BCUT2D eigenvalue weighted by molar-refractivity contribution is -0.391. The maximum Gasteiger partial charge on any atom is 0.187 e. The molecule has 0 aromatic carbocycles. The zero-order chi connectivity index (χ0) is 39.7. The molecule has 3 heterocycles. The number of ketones is 1. The Morgan fingerprint density at radius 3 is 2.02 bits per heavy atom. The van der Waals surface area contributed by atoms with Crippen molar-refractivity contribution in [3.63, 3.8) is 0 Å². The summed E-state index contributed by atoms with van der Waals surface area (Å²) in [6.07, 6.45) is -13.7. The van der Waals surface area contributed by atoms with Gasteiger partial charge in [0.2, 0.25) is 0 Å². The average Bonchev–Trinajstić information content (AvgIpc) is 3.52. The molecule has 7 aliphatic rings. The predicted molar refractivity (Wildman–Crippen MR) is 188 cm³/mol. The molecule has 6 fully saturated rings. The summed E-state index contributed by atoms with van der Waals surface area (Å²) < 4.78 is 36.1. The SMILES string of the molecule is CC(=O)C1=CCC2C3CCC4CC(OC5OC(CO)C(OC6OC(C)C(O)C(O)C6O)C(O)C5OC5OC(CO)C(O)C(O)C5O)CCC4(C)C3CCC12C. The minimum atomic E-state index is -1.81. The molecule has 55 heavy (non-hydrogen) atoms. The molecule has 3 aliphatic heterocycles. The van der Waals surface area contributed by atoms with E-state index in [4.69, 9.17) is 28.4 Å². The number of aliphatic hydroxyl groups is 9. The van der Waals surface area contributed by atoms with Gasteiger partial charge in [-0.25, -0.2) is 0 Å². The van der Waals surface area contributed by atoms with Gasteiger partial charge in [0, 0.05) is 0 Å². The van der Waals surface area contributed by atoms with Crippen LogP contribution in [-0.4, -0.2) is 163 Å². The van der Waals surface area contributed by atoms with Crippen LogP contribution in [0.4, 0.5) is 0 Å². The van der Waals surface area contributed by atoms with Crippen molar-refractivity contribution in [2.45, 2.75) is 177 Å². The molecule has 3 saturated heterocycles. The van der Waals surface area contributed by atoms with E-state index < -0.39 is 105 Å². The van der Waals surface area contributed by atoms with E-state index >= 15 is 0 Å². The molecule has 7 rings (SSSR count). The number of allylic oxidation sites excluding steroid dienone is 2. The first-order chi connectivity index (χ1) is 26.0. The summed E-state index contributed by atoms with van der Waals surface area (Å²) in [4.78, 5) is 12.6. The molecule has 3 saturated carbocycles. The van der Waals surface area contributed by atoms with Crippen molar-refractivity contribution in [3.8, 4) is 0 Å². The van der Waals surface area contributed by atoms with E-state index in [-0.39, 0.29) is 22.7 Å². The summed E-state index contributed by atoms with van der Waals surface area (Å²) >= 11 is 0. The van der Waals surface area contributed by atoms with Crippen molar-refractivity contribution in [1.82, 2.24) is 0 Å². The average molecular weight is 787 g/mol. The Kier molecular flexibility index (Phi) is 12.3. The first kappa shape index (κ1) is 42.0. The Morgan fingerprint density at radius 2 is 1.35 bits per heavy atom. The van der Waals surface area contributed by atoms with Crippen molar-refractivity contribution >= 4 is 5.78 Å². The Bertz CT molecular complexity index is 1400. The molecule has 22 unspecified atom stereocenters. The molecule has 0 aromatic heterocycles. The number of fused-ring (bicyclic) bond motifs is 5. The van der Waals surface area contributed by atoms with E-state index in [0.717, 1.165) is 44.1 Å². The Hall–Kier alpha value is -1.19. The lowest BCUT2D eigenvalue weighted by Crippen LogP contribution is -2.67. The topological polar surface area (TPSA) is 255 Å². The number of rotatable bonds is 9. The molecule has 9 N–H and O–H groups in total. The number of Topliss-reactive ketones (excluding diaryl/α,β-unsaturated/α-hetero) is 1. The molecule has 4 aliphatic carbocycles. The van der Waals surface area contributed by atoms with Crippen LogP contribution in [0.2, 0.25) is 0 Å². The number of carbonyl (C=O) groups is 1. The van der Waals surface area contributed by atoms with Crippen molar-refractivity contribution in [1.29, 1.82) is 0 Å². The molecule has 16 heteroatoms. The standard InChI is InChI=1S/C39H62O16/c1-16(42)21-7-8-22-20-6-5-18-13-19(9-11-38(18,3)23(20)10-12-39(21,22)4)51-37-34(55-36-31(48)29(46)27(44)24(14-40)52-36)32(49)33(25(15-41)53-37)54-35-30(47)28(45)26(43)17(2)50-35/h7,17-20,22-37,40-41,43-49H,5-6,8-15H2,1-4H3. The van der Waals surface area contributed by atoms with E-state index in [1.807, 2.05) is 0 Å². The summed E-state index contributed by atoms with van der Waals surface area (Å²) in [5, 5.41) is 95.1. The maximum absolute atomic E-state index is 12.6. The predicted octanol–water partition coefficient (Wildman–Crippen LogP) is -0.984. The third-order valence-corrected chi connectivity index (χ3v) is 14.9. The summed E-state index contributed by atoms with van der Waals surface area (Å²) in [5.74, 6) is 2.00. The Labute approximate surface area is 321 Å². The lowest BCUT2D eigenvalue weighted by atomic mass is 9.44. The largest absolute Gasteiger partial charge is 0.394 e. The van der Waals surface area contributed by atoms with Crippen LogP contribution in [0.5, 0.6) is 0 Å². The fourth-order valence-corrected chi connectivity index (χ4v) is 11.7. The van der Waals surface area contributed by atoms with Crippen LogP contribution in [-0.2, 0) is 33.2 Å². The number of hydrogen-bond donors (Lipinski definition) is 9. The first-order valence-electron chi connectivity index (χ1n) is 20.2. The number of aliphatic hydroxyl groups excluding tert-OH is 9. The lowest BCUT2D eigenvalue weighted by Gasteiger charge is -2.61. The van der Waals surface area contributed by atoms with Crippen molar-refractivity contribution in [2.24, 2.45) is 34.5 Å². The molecule has 0 amide bonds. The normalized spacial score (nSPS) is 54.2. The van der Waals surface area contributed by atoms with Gasteiger partial charge in [0.15, 0.2) is 24.7 Å². The second kappa shape index (κ2) is 16.1. The molecule has 314 valence electrons. The van der Waals surface area contributed by atoms with Gasteiger partial charge in [-0.15, -0.1) is 0 Å². The highest BCUT2D eigenvalue weighted by Gasteiger charge is 2.60. The van der Waals surface area contributed by atoms with Crippen molar-refractivity contribution < 1.29 is 79.2 Å². The van der Waals surface area contributed by atoms with E-state index in [1.165, 1.54) is 6.92 Å². The van der Waals surface area contributed by atoms with Gasteiger partial charge in [0.1, 0.15) is 67.1 Å².